The Morgan fingerprint density at radius 3 is 1.55 bits per heavy atom. The molecule has 2 rings (SSSR count). The third-order valence-corrected chi connectivity index (χ3v) is 16.7. The van der Waals surface area contributed by atoms with E-state index in [0.717, 1.165) is 0 Å². The third kappa shape index (κ3) is 3.54. The van der Waals surface area contributed by atoms with E-state index in [2.05, 4.69) is 62.3 Å². The van der Waals surface area contributed by atoms with Crippen LogP contribution in [0.4, 0.5) is 0 Å². The topological polar surface area (TPSA) is 0 Å². The molecule has 0 aromatic heterocycles. The van der Waals surface area contributed by atoms with Gasteiger partial charge in [0, 0.05) is 0 Å². The van der Waals surface area contributed by atoms with Gasteiger partial charge in [0.15, 0.2) is 0 Å². The van der Waals surface area contributed by atoms with Crippen LogP contribution in [0.2, 0.25) is 1.91 Å². The van der Waals surface area contributed by atoms with E-state index in [4.69, 9.17) is 0 Å². The minimum absolute atomic E-state index is 0. The number of hydrogen-bond acceptors (Lipinski definition) is 0. The predicted octanol–water partition coefficient (Wildman–Crippen LogP) is -0.890. The van der Waals surface area contributed by atoms with E-state index in [1.54, 1.807) is 32.2 Å². The summed E-state index contributed by atoms with van der Waals surface area (Å²) >= 11 is -0.227. The monoisotopic (exact) mass is 478 g/mol. The molecule has 0 aromatic rings. The normalized spacial score (nSPS) is 27.4. The maximum absolute atomic E-state index is 2.58. The predicted molar refractivity (Wildman–Crippen MR) is 88.0 cm³/mol. The van der Waals surface area contributed by atoms with Gasteiger partial charge in [-0.3, -0.25) is 0 Å². The molecule has 22 heavy (non-hydrogen) atoms. The van der Waals surface area contributed by atoms with E-state index in [-0.39, 0.29) is 24.8 Å². The average molecular weight is 480 g/mol. The van der Waals surface area contributed by atoms with E-state index < -0.39 is 23.2 Å². The Morgan fingerprint density at radius 2 is 1.23 bits per heavy atom. The van der Waals surface area contributed by atoms with Crippen LogP contribution in [0.1, 0.15) is 62.3 Å². The molecule has 0 bridgehead atoms. The van der Waals surface area contributed by atoms with Crippen LogP contribution in [-0.2, 0) is 23.2 Å². The number of rotatable bonds is 2. The molecule has 1 heterocycles. The van der Waals surface area contributed by atoms with Crippen LogP contribution < -0.4 is 24.8 Å². The summed E-state index contributed by atoms with van der Waals surface area (Å²) in [7, 11) is 0. The van der Waals surface area contributed by atoms with Crippen molar-refractivity contribution in [2.45, 2.75) is 64.2 Å². The summed E-state index contributed by atoms with van der Waals surface area (Å²) in [5.74, 6) is 0. The summed E-state index contributed by atoms with van der Waals surface area (Å²) in [4.78, 5) is 0. The second-order valence-corrected chi connectivity index (χ2v) is 17.3. The van der Waals surface area contributed by atoms with Gasteiger partial charge in [-0.25, -0.2) is 0 Å². The molecular formula is C18H27AsCl2Zr. The van der Waals surface area contributed by atoms with Crippen molar-refractivity contribution < 1.29 is 48.0 Å². The molecular weight excluding hydrogens is 453 g/mol. The molecule has 1 unspecified atom stereocenters. The SMILES string of the molecule is CC1=[As][C](C)([Zr+2][C]2=C(C)C(C)=C(C)C2(C)C)C(C)=C1C.[Cl-].[Cl-]. The summed E-state index contributed by atoms with van der Waals surface area (Å²) < 4.78 is 4.17. The van der Waals surface area contributed by atoms with Crippen LogP contribution in [0.5, 0.6) is 0 Å². The molecule has 1 atom stereocenters. The largest absolute Gasteiger partial charge is 1.00 e. The first-order valence-corrected chi connectivity index (χ1v) is 11.8. The van der Waals surface area contributed by atoms with Gasteiger partial charge in [-0.2, -0.15) is 0 Å². The first-order valence-electron chi connectivity index (χ1n) is 7.45. The van der Waals surface area contributed by atoms with Crippen LogP contribution in [-0.4, -0.2) is 19.6 Å². The Morgan fingerprint density at radius 1 is 0.727 bits per heavy atom. The minimum Gasteiger partial charge on any atom is -1.00 e. The summed E-state index contributed by atoms with van der Waals surface area (Å²) in [6.07, 6.45) is 0. The maximum atomic E-state index is 2.58. The van der Waals surface area contributed by atoms with Crippen LogP contribution in [0.3, 0.4) is 0 Å². The number of allylic oxidation sites excluding steroid dienone is 6. The maximum Gasteiger partial charge on any atom is -1.00 e. The Balaban J connectivity index is 0.00000220. The Hall–Kier alpha value is 1.11. The van der Waals surface area contributed by atoms with Crippen molar-refractivity contribution in [2.24, 2.45) is 5.41 Å². The molecule has 0 aromatic carbocycles. The standard InChI is InChI=1S/C10H15.C8H12As.2ClH.Zr/c1-7-6-10(4,5)9(3)8(7)2;1-5-6(2)8(4)9-7(5)3;;;/h1-5H3;1-4H3;2*1H;/q;;;;+2/p-2. The van der Waals surface area contributed by atoms with Gasteiger partial charge in [0.05, 0.1) is 0 Å². The molecule has 1 aliphatic carbocycles. The third-order valence-electron chi connectivity index (χ3n) is 5.66. The Bertz CT molecular complexity index is 609. The number of halogens is 2. The first-order chi connectivity index (χ1) is 9.02. The van der Waals surface area contributed by atoms with E-state index in [0.29, 0.717) is 22.6 Å². The van der Waals surface area contributed by atoms with Gasteiger partial charge in [0.25, 0.3) is 0 Å². The molecule has 2 aliphatic rings. The number of hydrogen-bond donors (Lipinski definition) is 0. The summed E-state index contributed by atoms with van der Waals surface area (Å²) in [6.45, 7) is 21.7. The van der Waals surface area contributed by atoms with Crippen molar-refractivity contribution in [3.63, 3.8) is 0 Å². The second kappa shape index (κ2) is 7.56. The zero-order chi connectivity index (χ0) is 15.5. The van der Waals surface area contributed by atoms with Gasteiger partial charge in [0.2, 0.25) is 0 Å². The van der Waals surface area contributed by atoms with Crippen molar-refractivity contribution in [2.75, 3.05) is 0 Å². The molecule has 4 heteroatoms. The first kappa shape index (κ1) is 23.1. The van der Waals surface area contributed by atoms with Gasteiger partial charge in [0.1, 0.15) is 0 Å². The molecule has 0 saturated heterocycles. The average Bonchev–Trinajstić information content (AvgIpc) is 2.64. The van der Waals surface area contributed by atoms with Gasteiger partial charge in [-0.1, -0.05) is 0 Å². The molecule has 0 N–H and O–H groups in total. The molecule has 0 fully saturated rings. The van der Waals surface area contributed by atoms with Gasteiger partial charge in [-0.15, -0.1) is 0 Å². The van der Waals surface area contributed by atoms with Crippen LogP contribution in [0.15, 0.2) is 31.1 Å². The van der Waals surface area contributed by atoms with Gasteiger partial charge in [-0.05, 0) is 0 Å². The van der Waals surface area contributed by atoms with E-state index in [1.165, 1.54) is 0 Å². The molecule has 0 saturated carbocycles. The van der Waals surface area contributed by atoms with Crippen molar-refractivity contribution in [1.82, 2.24) is 0 Å². The van der Waals surface area contributed by atoms with Crippen molar-refractivity contribution in [3.8, 4) is 0 Å². The minimum atomic E-state index is -0.596. The van der Waals surface area contributed by atoms with E-state index in [1.807, 2.05) is 3.28 Å². The molecule has 1 aliphatic heterocycles. The van der Waals surface area contributed by atoms with Gasteiger partial charge >= 0.3 is 144 Å². The van der Waals surface area contributed by atoms with Crippen molar-refractivity contribution in [1.29, 1.82) is 0 Å². The summed E-state index contributed by atoms with van der Waals surface area (Å²) in [5.41, 5.74) is 8.50. The molecule has 0 amide bonds. The van der Waals surface area contributed by atoms with E-state index >= 15 is 0 Å². The van der Waals surface area contributed by atoms with Crippen LogP contribution in [0.25, 0.3) is 0 Å². The molecule has 0 nitrogen and oxygen atoms in total. The Kier molecular flexibility index (Phi) is 7.94. The quantitative estimate of drug-likeness (QED) is 0.450. The van der Waals surface area contributed by atoms with Crippen molar-refractivity contribution >= 4 is 19.6 Å². The van der Waals surface area contributed by atoms with Crippen molar-refractivity contribution in [3.05, 3.63) is 31.1 Å². The van der Waals surface area contributed by atoms with E-state index in [9.17, 15) is 0 Å². The molecule has 122 valence electrons. The summed E-state index contributed by atoms with van der Waals surface area (Å²) in [5, 5.41) is 0. The smallest absolute Gasteiger partial charge is 1.00 e. The Labute approximate surface area is 167 Å². The second-order valence-electron chi connectivity index (χ2n) is 7.02. The zero-order valence-electron chi connectivity index (χ0n) is 15.2. The fourth-order valence-electron chi connectivity index (χ4n) is 3.35. The zero-order valence-corrected chi connectivity index (χ0v) is 21.0. The van der Waals surface area contributed by atoms with Crippen LogP contribution in [0, 0.1) is 5.41 Å². The molecule has 0 spiro atoms. The van der Waals surface area contributed by atoms with Crippen LogP contribution >= 0.6 is 0 Å². The van der Waals surface area contributed by atoms with Gasteiger partial charge < -0.3 is 24.8 Å². The molecule has 0 radical (unpaired) electrons. The fraction of sp³-hybridized carbons (Fsp3) is 0.611. The summed E-state index contributed by atoms with van der Waals surface area (Å²) in [6, 6.07) is 0. The fourth-order valence-corrected chi connectivity index (χ4v) is 14.8.